The minimum absolute atomic E-state index is 0.458. The molecule has 2 unspecified atom stereocenters. The Labute approximate surface area is 144 Å². The Hall–Kier alpha value is -2.07. The van der Waals surface area contributed by atoms with Crippen LogP contribution in [0.3, 0.4) is 0 Å². The summed E-state index contributed by atoms with van der Waals surface area (Å²) in [5, 5.41) is 13.5. The van der Waals surface area contributed by atoms with E-state index in [9.17, 15) is 0 Å². The van der Waals surface area contributed by atoms with Crippen LogP contribution < -0.4 is 37.2 Å². The summed E-state index contributed by atoms with van der Waals surface area (Å²) in [4.78, 5) is 0. The highest BCUT2D eigenvalue weighted by molar-refractivity contribution is 6.32. The zero-order valence-electron chi connectivity index (χ0n) is 13.1. The maximum absolute atomic E-state index is 6.24. The van der Waals surface area contributed by atoms with E-state index in [4.69, 9.17) is 32.8 Å². The summed E-state index contributed by atoms with van der Waals surface area (Å²) < 4.78 is 11.3. The highest BCUT2D eigenvalue weighted by Gasteiger charge is 2.30. The van der Waals surface area contributed by atoms with Crippen LogP contribution in [0.2, 0.25) is 5.02 Å². The van der Waals surface area contributed by atoms with Crippen molar-refractivity contribution in [3.63, 3.8) is 0 Å². The van der Waals surface area contributed by atoms with Crippen molar-refractivity contribution in [2.24, 2.45) is 22.0 Å². The van der Waals surface area contributed by atoms with Crippen molar-refractivity contribution in [3.05, 3.63) is 34.7 Å². The molecule has 0 spiro atoms. The number of hydrogen-bond donors (Lipinski definition) is 5. The van der Waals surface area contributed by atoms with Crippen LogP contribution in [0.5, 0.6) is 11.5 Å². The molecule has 0 radical (unpaired) electrons. The van der Waals surface area contributed by atoms with Crippen LogP contribution in [0.25, 0.3) is 0 Å². The summed E-state index contributed by atoms with van der Waals surface area (Å²) in [6.45, 7) is 0. The van der Waals surface area contributed by atoms with Gasteiger partial charge in [0.1, 0.15) is 17.7 Å². The van der Waals surface area contributed by atoms with Gasteiger partial charge in [0.15, 0.2) is 12.0 Å². The summed E-state index contributed by atoms with van der Waals surface area (Å²) in [6, 6.07) is 3.68. The van der Waals surface area contributed by atoms with Gasteiger partial charge >= 0.3 is 0 Å². The lowest BCUT2D eigenvalue weighted by Crippen LogP contribution is -2.58. The molecule has 1 aromatic rings. The molecule has 1 aromatic carbocycles. The van der Waals surface area contributed by atoms with Crippen molar-refractivity contribution < 1.29 is 9.47 Å². The molecule has 0 amide bonds. The first-order valence-electron chi connectivity index (χ1n) is 7.50. The minimum atomic E-state index is -0.495. The number of methoxy groups -OCH3 is 1. The molecule has 1 aliphatic carbocycles. The second-order valence-corrected chi connectivity index (χ2v) is 5.92. The number of hydrazine groups is 1. The smallest absolute Gasteiger partial charge is 0.197 e. The Balaban J connectivity index is 1.86. The highest BCUT2D eigenvalue weighted by atomic mass is 35.5. The van der Waals surface area contributed by atoms with E-state index in [0.717, 1.165) is 18.4 Å². The second-order valence-electron chi connectivity index (χ2n) is 5.51. The molecule has 0 aromatic heterocycles. The summed E-state index contributed by atoms with van der Waals surface area (Å²) >= 11 is 6.24. The fourth-order valence-corrected chi connectivity index (χ4v) is 2.75. The molecule has 24 heavy (non-hydrogen) atoms. The molecule has 7 N–H and O–H groups in total. The molecule has 0 saturated heterocycles. The second kappa shape index (κ2) is 7.22. The summed E-state index contributed by atoms with van der Waals surface area (Å²) in [5.41, 5.74) is 3.69. The Morgan fingerprint density at radius 1 is 1.33 bits per heavy atom. The van der Waals surface area contributed by atoms with E-state index in [1.807, 2.05) is 6.07 Å². The molecule has 2 atom stereocenters. The zero-order chi connectivity index (χ0) is 17.1. The average molecular weight is 354 g/mol. The van der Waals surface area contributed by atoms with E-state index in [2.05, 4.69) is 26.4 Å². The summed E-state index contributed by atoms with van der Waals surface area (Å²) in [6.07, 6.45) is 2.94. The standard InChI is InChI=1S/C14H20ClN7O2/c1-23-11-4-8(7-2-3-7)10(5-9(11)15)24-12-6-18-14(21-22-17)19-13(12)20-16/h4-7,13-14,18-20H,2-3,16H2,1H3,(H2,17,21). The number of nitrogens with two attached hydrogens (primary N) is 2. The number of nitrogens with one attached hydrogen (secondary N) is 3. The Morgan fingerprint density at radius 2 is 2.12 bits per heavy atom. The molecular weight excluding hydrogens is 334 g/mol. The van der Waals surface area contributed by atoms with Gasteiger partial charge in [-0.1, -0.05) is 16.8 Å². The monoisotopic (exact) mass is 353 g/mol. The lowest BCUT2D eigenvalue weighted by Gasteiger charge is -2.29. The van der Waals surface area contributed by atoms with Crippen molar-refractivity contribution in [3.8, 4) is 11.5 Å². The molecule has 1 aliphatic heterocycles. The SMILES string of the molecule is COc1cc(C2CC2)c(OC2=CNC(N=NN)NC2NN)cc1Cl. The highest BCUT2D eigenvalue weighted by Crippen LogP contribution is 2.47. The first kappa shape index (κ1) is 16.8. The molecule has 10 heteroatoms. The van der Waals surface area contributed by atoms with Crippen molar-refractivity contribution in [1.82, 2.24) is 16.1 Å². The van der Waals surface area contributed by atoms with Gasteiger partial charge in [-0.05, 0) is 24.8 Å². The third-order valence-corrected chi connectivity index (χ3v) is 4.17. The summed E-state index contributed by atoms with van der Waals surface area (Å²) in [5.74, 6) is 13.0. The van der Waals surface area contributed by atoms with Gasteiger partial charge < -0.3 is 20.6 Å². The van der Waals surface area contributed by atoms with E-state index in [1.165, 1.54) is 0 Å². The van der Waals surface area contributed by atoms with Crippen molar-refractivity contribution in [1.29, 1.82) is 0 Å². The number of benzene rings is 1. The minimum Gasteiger partial charge on any atom is -0.495 e. The molecule has 1 fully saturated rings. The molecule has 3 rings (SSSR count). The van der Waals surface area contributed by atoms with Crippen molar-refractivity contribution in [2.45, 2.75) is 31.2 Å². The number of nitrogens with zero attached hydrogens (tertiary/aromatic N) is 2. The molecule has 1 saturated carbocycles. The van der Waals surface area contributed by atoms with Crippen LogP contribution in [0, 0.1) is 0 Å². The number of ether oxygens (including phenoxy) is 2. The topological polar surface area (TPSA) is 131 Å². The first-order valence-corrected chi connectivity index (χ1v) is 7.87. The van der Waals surface area contributed by atoms with Gasteiger partial charge in [-0.2, -0.15) is 0 Å². The van der Waals surface area contributed by atoms with Gasteiger partial charge in [0, 0.05) is 17.8 Å². The quantitative estimate of drug-likeness (QED) is 0.293. The Bertz CT molecular complexity index is 663. The molecule has 1 heterocycles. The Morgan fingerprint density at radius 3 is 2.75 bits per heavy atom. The van der Waals surface area contributed by atoms with Crippen LogP contribution in [0.4, 0.5) is 0 Å². The van der Waals surface area contributed by atoms with Gasteiger partial charge in [-0.3, -0.25) is 11.2 Å². The van der Waals surface area contributed by atoms with Crippen LogP contribution in [0.1, 0.15) is 24.3 Å². The summed E-state index contributed by atoms with van der Waals surface area (Å²) in [7, 11) is 1.59. The largest absolute Gasteiger partial charge is 0.495 e. The number of rotatable bonds is 6. The van der Waals surface area contributed by atoms with Gasteiger partial charge in [0.05, 0.1) is 12.1 Å². The predicted octanol–water partition coefficient (Wildman–Crippen LogP) is 1.04. The molecule has 2 aliphatic rings. The van der Waals surface area contributed by atoms with Crippen LogP contribution in [-0.4, -0.2) is 19.6 Å². The van der Waals surface area contributed by atoms with Crippen LogP contribution in [0.15, 0.2) is 34.4 Å². The van der Waals surface area contributed by atoms with E-state index >= 15 is 0 Å². The first-order chi connectivity index (χ1) is 11.7. The van der Waals surface area contributed by atoms with Crippen molar-refractivity contribution >= 4 is 11.6 Å². The predicted molar refractivity (Wildman–Crippen MR) is 88.9 cm³/mol. The van der Waals surface area contributed by atoms with E-state index in [1.54, 1.807) is 19.4 Å². The fraction of sp³-hybridized carbons (Fsp3) is 0.429. The molecule has 0 bridgehead atoms. The van der Waals surface area contributed by atoms with E-state index in [0.29, 0.717) is 28.2 Å². The van der Waals surface area contributed by atoms with Gasteiger partial charge in [-0.25, -0.2) is 5.43 Å². The van der Waals surface area contributed by atoms with Crippen LogP contribution in [-0.2, 0) is 0 Å². The van der Waals surface area contributed by atoms with Gasteiger partial charge in [-0.15, -0.1) is 5.11 Å². The maximum Gasteiger partial charge on any atom is 0.197 e. The normalized spacial score (nSPS) is 23.7. The molecule has 9 nitrogen and oxygen atoms in total. The fourth-order valence-electron chi connectivity index (χ4n) is 2.52. The van der Waals surface area contributed by atoms with Crippen LogP contribution >= 0.6 is 11.6 Å². The third-order valence-electron chi connectivity index (χ3n) is 3.87. The third kappa shape index (κ3) is 3.54. The lowest BCUT2D eigenvalue weighted by molar-refractivity contribution is 0.265. The zero-order valence-corrected chi connectivity index (χ0v) is 13.9. The maximum atomic E-state index is 6.24. The Kier molecular flexibility index (Phi) is 5.05. The van der Waals surface area contributed by atoms with Gasteiger partial charge in [0.25, 0.3) is 0 Å². The van der Waals surface area contributed by atoms with E-state index < -0.39 is 12.5 Å². The number of hydrogen-bond acceptors (Lipinski definition) is 8. The average Bonchev–Trinajstić information content (AvgIpc) is 3.41. The number of halogens is 1. The van der Waals surface area contributed by atoms with Gasteiger partial charge in [0.2, 0.25) is 0 Å². The molecular formula is C14H20ClN7O2. The molecule has 130 valence electrons. The lowest BCUT2D eigenvalue weighted by atomic mass is 10.1. The van der Waals surface area contributed by atoms with Crippen molar-refractivity contribution in [2.75, 3.05) is 7.11 Å². The van der Waals surface area contributed by atoms with E-state index in [-0.39, 0.29) is 0 Å².